The molecule has 0 bridgehead atoms. The van der Waals surface area contributed by atoms with E-state index in [4.69, 9.17) is 0 Å². The molecule has 7 heteroatoms. The fourth-order valence-corrected chi connectivity index (χ4v) is 2.64. The van der Waals surface area contributed by atoms with Crippen LogP contribution in [0.2, 0.25) is 0 Å². The molecule has 24 heavy (non-hydrogen) atoms. The van der Waals surface area contributed by atoms with E-state index in [2.05, 4.69) is 26.6 Å². The van der Waals surface area contributed by atoms with E-state index in [1.54, 1.807) is 12.1 Å². The number of hydrogen-bond acceptors (Lipinski definition) is 4. The van der Waals surface area contributed by atoms with Crippen molar-refractivity contribution in [3.63, 3.8) is 0 Å². The Hall–Kier alpha value is -2.41. The van der Waals surface area contributed by atoms with E-state index in [0.29, 0.717) is 19.4 Å². The summed E-state index contributed by atoms with van der Waals surface area (Å²) in [6.07, 6.45) is 1.06. The monoisotopic (exact) mass is 391 g/mol. The zero-order valence-electron chi connectivity index (χ0n) is 13.2. The lowest BCUT2D eigenvalue weighted by Gasteiger charge is -2.09. The zero-order chi connectivity index (χ0) is 17.5. The van der Waals surface area contributed by atoms with Gasteiger partial charge in [0.1, 0.15) is 0 Å². The first-order chi connectivity index (χ1) is 11.5. The maximum absolute atomic E-state index is 12.0. The summed E-state index contributed by atoms with van der Waals surface area (Å²) in [6, 6.07) is 11.9. The van der Waals surface area contributed by atoms with Gasteiger partial charge in [-0.2, -0.15) is 0 Å². The Bertz CT molecular complexity index is 732. The highest BCUT2D eigenvalue weighted by atomic mass is 79.9. The van der Waals surface area contributed by atoms with Gasteiger partial charge < -0.3 is 10.6 Å². The number of carbonyl (C=O) groups excluding carboxylic acids is 1. The van der Waals surface area contributed by atoms with Gasteiger partial charge in [-0.3, -0.25) is 14.9 Å². The molecule has 0 fully saturated rings. The molecular weight excluding hydrogens is 374 g/mol. The molecule has 0 saturated heterocycles. The summed E-state index contributed by atoms with van der Waals surface area (Å²) in [4.78, 5) is 22.1. The van der Waals surface area contributed by atoms with Gasteiger partial charge >= 0.3 is 0 Å². The molecule has 2 N–H and O–H groups in total. The number of nitro benzene ring substituents is 1. The predicted molar refractivity (Wildman–Crippen MR) is 98.3 cm³/mol. The molecule has 0 radical (unpaired) electrons. The number of non-ortho nitro benzene ring substituents is 1. The molecule has 2 rings (SSSR count). The summed E-state index contributed by atoms with van der Waals surface area (Å²) < 4.78 is 0.977. The molecule has 0 aromatic heterocycles. The molecule has 0 unspecified atom stereocenters. The Labute approximate surface area is 148 Å². The average Bonchev–Trinajstić information content (AvgIpc) is 2.55. The van der Waals surface area contributed by atoms with E-state index >= 15 is 0 Å². The van der Waals surface area contributed by atoms with Crippen molar-refractivity contribution >= 4 is 38.9 Å². The first kappa shape index (κ1) is 17.9. The summed E-state index contributed by atoms with van der Waals surface area (Å²) in [5, 5.41) is 16.6. The Kier molecular flexibility index (Phi) is 6.31. The second-order valence-corrected chi connectivity index (χ2v) is 6.26. The standard InChI is InChI=1S/C17H18BrN3O3/c1-12-11-13(18)4-9-16(12)20-17(22)3-2-10-19-14-5-7-15(8-6-14)21(23)24/h4-9,11,19H,2-3,10H2,1H3,(H,20,22). The van der Waals surface area contributed by atoms with E-state index in [9.17, 15) is 14.9 Å². The van der Waals surface area contributed by atoms with Gasteiger partial charge in [0.2, 0.25) is 5.91 Å². The second kappa shape index (κ2) is 8.44. The summed E-state index contributed by atoms with van der Waals surface area (Å²) >= 11 is 3.39. The minimum atomic E-state index is -0.432. The maximum atomic E-state index is 12.0. The van der Waals surface area contributed by atoms with Crippen molar-refractivity contribution < 1.29 is 9.72 Å². The minimum absolute atomic E-state index is 0.0362. The first-order valence-corrected chi connectivity index (χ1v) is 8.29. The molecular formula is C17H18BrN3O3. The molecule has 0 atom stereocenters. The van der Waals surface area contributed by atoms with Crippen LogP contribution >= 0.6 is 15.9 Å². The van der Waals surface area contributed by atoms with Crippen LogP contribution in [0, 0.1) is 17.0 Å². The van der Waals surface area contributed by atoms with E-state index in [1.165, 1.54) is 12.1 Å². The summed E-state index contributed by atoms with van der Waals surface area (Å²) in [5.74, 6) is -0.0362. The number of nitro groups is 1. The molecule has 0 saturated carbocycles. The van der Waals surface area contributed by atoms with Gasteiger partial charge in [0.25, 0.3) is 5.69 Å². The zero-order valence-corrected chi connectivity index (χ0v) is 14.8. The van der Waals surface area contributed by atoms with Crippen LogP contribution in [0.3, 0.4) is 0 Å². The highest BCUT2D eigenvalue weighted by Gasteiger charge is 2.06. The van der Waals surface area contributed by atoms with E-state index < -0.39 is 4.92 Å². The number of aryl methyl sites for hydroxylation is 1. The molecule has 0 aliphatic heterocycles. The number of rotatable bonds is 7. The van der Waals surface area contributed by atoms with Crippen LogP contribution in [0.15, 0.2) is 46.9 Å². The summed E-state index contributed by atoms with van der Waals surface area (Å²) in [5.41, 5.74) is 2.67. The van der Waals surface area contributed by atoms with Gasteiger partial charge in [0.05, 0.1) is 4.92 Å². The Morgan fingerprint density at radius 2 is 1.92 bits per heavy atom. The molecule has 1 amide bonds. The van der Waals surface area contributed by atoms with Crippen molar-refractivity contribution in [1.82, 2.24) is 0 Å². The lowest BCUT2D eigenvalue weighted by molar-refractivity contribution is -0.384. The van der Waals surface area contributed by atoms with Crippen LogP contribution in [0.1, 0.15) is 18.4 Å². The van der Waals surface area contributed by atoms with Gasteiger partial charge in [0.15, 0.2) is 0 Å². The Balaban J connectivity index is 1.73. The van der Waals surface area contributed by atoms with Crippen molar-refractivity contribution in [3.8, 4) is 0 Å². The van der Waals surface area contributed by atoms with E-state index in [-0.39, 0.29) is 11.6 Å². The highest BCUT2D eigenvalue weighted by molar-refractivity contribution is 9.10. The maximum Gasteiger partial charge on any atom is 0.269 e. The van der Waals surface area contributed by atoms with E-state index in [0.717, 1.165) is 21.4 Å². The number of nitrogens with one attached hydrogen (secondary N) is 2. The Morgan fingerprint density at radius 3 is 2.54 bits per heavy atom. The van der Waals surface area contributed by atoms with Crippen LogP contribution in [-0.2, 0) is 4.79 Å². The molecule has 0 aliphatic rings. The Morgan fingerprint density at radius 1 is 1.21 bits per heavy atom. The molecule has 0 aliphatic carbocycles. The summed E-state index contributed by atoms with van der Waals surface area (Å²) in [6.45, 7) is 2.56. The fraction of sp³-hybridized carbons (Fsp3) is 0.235. The van der Waals surface area contributed by atoms with Crippen molar-refractivity contribution in [3.05, 3.63) is 62.6 Å². The average molecular weight is 392 g/mol. The number of anilines is 2. The van der Waals surface area contributed by atoms with Gasteiger partial charge in [0, 0.05) is 40.9 Å². The smallest absolute Gasteiger partial charge is 0.269 e. The van der Waals surface area contributed by atoms with Gasteiger partial charge in [-0.05, 0) is 49.2 Å². The van der Waals surface area contributed by atoms with Crippen LogP contribution in [0.25, 0.3) is 0 Å². The van der Waals surface area contributed by atoms with E-state index in [1.807, 2.05) is 25.1 Å². The molecule has 6 nitrogen and oxygen atoms in total. The van der Waals surface area contributed by atoms with Crippen LogP contribution < -0.4 is 10.6 Å². The number of hydrogen-bond donors (Lipinski definition) is 2. The van der Waals surface area contributed by atoms with Crippen LogP contribution in [-0.4, -0.2) is 17.4 Å². The molecule has 126 valence electrons. The topological polar surface area (TPSA) is 84.3 Å². The number of carbonyl (C=O) groups is 1. The largest absolute Gasteiger partial charge is 0.385 e. The minimum Gasteiger partial charge on any atom is -0.385 e. The number of amides is 1. The molecule has 2 aromatic carbocycles. The van der Waals surface area contributed by atoms with Gasteiger partial charge in [-0.1, -0.05) is 15.9 Å². The lowest BCUT2D eigenvalue weighted by atomic mass is 10.2. The number of halogens is 1. The third kappa shape index (κ3) is 5.34. The molecule has 0 spiro atoms. The normalized spacial score (nSPS) is 10.2. The first-order valence-electron chi connectivity index (χ1n) is 7.50. The molecule has 2 aromatic rings. The summed E-state index contributed by atoms with van der Waals surface area (Å²) in [7, 11) is 0. The third-order valence-electron chi connectivity index (χ3n) is 3.45. The lowest BCUT2D eigenvalue weighted by Crippen LogP contribution is -2.14. The fourth-order valence-electron chi connectivity index (χ4n) is 2.16. The highest BCUT2D eigenvalue weighted by Crippen LogP contribution is 2.20. The number of nitrogens with zero attached hydrogens (tertiary/aromatic N) is 1. The molecule has 0 heterocycles. The second-order valence-electron chi connectivity index (χ2n) is 5.34. The third-order valence-corrected chi connectivity index (χ3v) is 3.94. The van der Waals surface area contributed by atoms with Gasteiger partial charge in [-0.15, -0.1) is 0 Å². The van der Waals surface area contributed by atoms with Crippen LogP contribution in [0.4, 0.5) is 17.1 Å². The van der Waals surface area contributed by atoms with Crippen molar-refractivity contribution in [2.75, 3.05) is 17.2 Å². The van der Waals surface area contributed by atoms with Crippen molar-refractivity contribution in [1.29, 1.82) is 0 Å². The van der Waals surface area contributed by atoms with Gasteiger partial charge in [-0.25, -0.2) is 0 Å². The van der Waals surface area contributed by atoms with Crippen molar-refractivity contribution in [2.24, 2.45) is 0 Å². The predicted octanol–water partition coefficient (Wildman–Crippen LogP) is 4.50. The van der Waals surface area contributed by atoms with Crippen molar-refractivity contribution in [2.45, 2.75) is 19.8 Å². The SMILES string of the molecule is Cc1cc(Br)ccc1NC(=O)CCCNc1ccc([N+](=O)[O-])cc1. The van der Waals surface area contributed by atoms with Crippen LogP contribution in [0.5, 0.6) is 0 Å². The number of benzene rings is 2. The quantitative estimate of drug-likeness (QED) is 0.413.